The third-order valence-corrected chi connectivity index (χ3v) is 4.12. The molecular formula is C15H19FN4S. The Morgan fingerprint density at radius 1 is 1.24 bits per heavy atom. The Morgan fingerprint density at radius 2 is 1.95 bits per heavy atom. The minimum Gasteiger partial charge on any atom is -0.352 e. The number of nitrogens with zero attached hydrogens (tertiary/aromatic N) is 2. The van der Waals surface area contributed by atoms with Gasteiger partial charge in [0, 0.05) is 24.0 Å². The van der Waals surface area contributed by atoms with Crippen LogP contribution in [0, 0.1) is 19.7 Å². The molecule has 0 aliphatic carbocycles. The van der Waals surface area contributed by atoms with Crippen LogP contribution < -0.4 is 10.6 Å². The van der Waals surface area contributed by atoms with Crippen molar-refractivity contribution in [2.24, 2.45) is 4.99 Å². The second-order valence-electron chi connectivity index (χ2n) is 4.61. The largest absolute Gasteiger partial charge is 0.352 e. The van der Waals surface area contributed by atoms with Gasteiger partial charge in [0.25, 0.3) is 0 Å². The molecule has 4 nitrogen and oxygen atoms in total. The maximum Gasteiger partial charge on any atom is 0.191 e. The number of benzene rings is 1. The molecule has 0 atom stereocenters. The lowest BCUT2D eigenvalue weighted by molar-refractivity contribution is 0.604. The van der Waals surface area contributed by atoms with Crippen molar-refractivity contribution in [1.82, 2.24) is 15.6 Å². The minimum absolute atomic E-state index is 0.214. The Hall–Kier alpha value is -1.95. The number of thiazole rings is 1. The Morgan fingerprint density at radius 3 is 2.57 bits per heavy atom. The van der Waals surface area contributed by atoms with E-state index < -0.39 is 0 Å². The number of nitrogens with one attached hydrogen (secondary N) is 2. The fourth-order valence-corrected chi connectivity index (χ4v) is 2.82. The van der Waals surface area contributed by atoms with Crippen molar-refractivity contribution in [1.29, 1.82) is 0 Å². The van der Waals surface area contributed by atoms with Crippen LogP contribution in [-0.2, 0) is 13.1 Å². The van der Waals surface area contributed by atoms with Crippen LogP contribution in [0.1, 0.15) is 21.1 Å². The van der Waals surface area contributed by atoms with E-state index in [4.69, 9.17) is 0 Å². The SMILES string of the molecule is CN=C(NCc1ccccc1F)NCc1sc(C)nc1C. The zero-order valence-corrected chi connectivity index (χ0v) is 13.2. The summed E-state index contributed by atoms with van der Waals surface area (Å²) >= 11 is 1.67. The molecule has 112 valence electrons. The molecule has 2 aromatic rings. The van der Waals surface area contributed by atoms with Crippen LogP contribution >= 0.6 is 11.3 Å². The molecule has 0 radical (unpaired) electrons. The highest BCUT2D eigenvalue weighted by Gasteiger charge is 2.06. The van der Waals surface area contributed by atoms with E-state index in [1.54, 1.807) is 30.5 Å². The highest BCUT2D eigenvalue weighted by atomic mass is 32.1. The number of halogens is 1. The molecule has 21 heavy (non-hydrogen) atoms. The van der Waals surface area contributed by atoms with Gasteiger partial charge < -0.3 is 10.6 Å². The van der Waals surface area contributed by atoms with E-state index in [0.717, 1.165) is 10.7 Å². The molecule has 0 spiro atoms. The number of hydrogen-bond acceptors (Lipinski definition) is 3. The monoisotopic (exact) mass is 306 g/mol. The van der Waals surface area contributed by atoms with Gasteiger partial charge in [0.1, 0.15) is 5.82 Å². The van der Waals surface area contributed by atoms with Gasteiger partial charge in [-0.3, -0.25) is 4.99 Å². The second kappa shape index (κ2) is 7.17. The average Bonchev–Trinajstić information content (AvgIpc) is 2.79. The number of aliphatic imine (C=N–C) groups is 1. The predicted octanol–water partition coefficient (Wildman–Crippen LogP) is 2.76. The predicted molar refractivity (Wildman–Crippen MR) is 85.0 cm³/mol. The van der Waals surface area contributed by atoms with E-state index in [1.165, 1.54) is 10.9 Å². The average molecular weight is 306 g/mol. The van der Waals surface area contributed by atoms with E-state index in [0.29, 0.717) is 24.6 Å². The van der Waals surface area contributed by atoms with Gasteiger partial charge >= 0.3 is 0 Å². The van der Waals surface area contributed by atoms with Gasteiger partial charge in [-0.15, -0.1) is 11.3 Å². The molecule has 0 aliphatic rings. The summed E-state index contributed by atoms with van der Waals surface area (Å²) in [4.78, 5) is 9.71. The zero-order valence-electron chi connectivity index (χ0n) is 12.4. The molecule has 0 amide bonds. The summed E-state index contributed by atoms with van der Waals surface area (Å²) in [7, 11) is 1.70. The summed E-state index contributed by atoms with van der Waals surface area (Å²) in [5.74, 6) is 0.429. The van der Waals surface area contributed by atoms with Gasteiger partial charge in [-0.25, -0.2) is 9.37 Å². The molecule has 2 rings (SSSR count). The van der Waals surface area contributed by atoms with Gasteiger partial charge in [0.05, 0.1) is 17.2 Å². The summed E-state index contributed by atoms with van der Waals surface area (Å²) in [6.07, 6.45) is 0. The molecule has 0 bridgehead atoms. The maximum atomic E-state index is 13.5. The molecule has 0 fully saturated rings. The molecule has 1 aromatic heterocycles. The van der Waals surface area contributed by atoms with Gasteiger partial charge in [-0.2, -0.15) is 0 Å². The summed E-state index contributed by atoms with van der Waals surface area (Å²) in [5, 5.41) is 7.38. The number of aryl methyl sites for hydroxylation is 2. The molecule has 1 heterocycles. The van der Waals surface area contributed by atoms with Crippen molar-refractivity contribution < 1.29 is 4.39 Å². The molecule has 0 aliphatic heterocycles. The first-order chi connectivity index (χ1) is 10.1. The van der Waals surface area contributed by atoms with E-state index in [9.17, 15) is 4.39 Å². The maximum absolute atomic E-state index is 13.5. The topological polar surface area (TPSA) is 49.3 Å². The number of rotatable bonds is 4. The third-order valence-electron chi connectivity index (χ3n) is 3.04. The highest BCUT2D eigenvalue weighted by molar-refractivity contribution is 7.11. The Bertz CT molecular complexity index is 636. The summed E-state index contributed by atoms with van der Waals surface area (Å²) in [6.45, 7) is 5.05. The quantitative estimate of drug-likeness (QED) is 0.674. The number of aromatic nitrogens is 1. The first-order valence-electron chi connectivity index (χ1n) is 6.71. The van der Waals surface area contributed by atoms with Crippen LogP contribution in [0.25, 0.3) is 0 Å². The first-order valence-corrected chi connectivity index (χ1v) is 7.52. The second-order valence-corrected chi connectivity index (χ2v) is 5.90. The van der Waals surface area contributed by atoms with Crippen LogP contribution in [0.15, 0.2) is 29.3 Å². The van der Waals surface area contributed by atoms with Gasteiger partial charge in [0.2, 0.25) is 0 Å². The summed E-state index contributed by atoms with van der Waals surface area (Å²) < 4.78 is 13.5. The Kier molecular flexibility index (Phi) is 5.27. The van der Waals surface area contributed by atoms with Crippen molar-refractivity contribution in [3.63, 3.8) is 0 Å². The van der Waals surface area contributed by atoms with E-state index >= 15 is 0 Å². The summed E-state index contributed by atoms with van der Waals surface area (Å²) in [5.41, 5.74) is 1.65. The fraction of sp³-hybridized carbons (Fsp3) is 0.333. The lowest BCUT2D eigenvalue weighted by atomic mass is 10.2. The molecule has 0 unspecified atom stereocenters. The van der Waals surface area contributed by atoms with E-state index in [1.807, 2.05) is 19.9 Å². The number of hydrogen-bond donors (Lipinski definition) is 2. The smallest absolute Gasteiger partial charge is 0.191 e. The van der Waals surface area contributed by atoms with Crippen molar-refractivity contribution >= 4 is 17.3 Å². The molecule has 0 saturated heterocycles. The van der Waals surface area contributed by atoms with Crippen LogP contribution in [0.3, 0.4) is 0 Å². The van der Waals surface area contributed by atoms with Crippen LogP contribution in [0.2, 0.25) is 0 Å². The molecule has 2 N–H and O–H groups in total. The zero-order chi connectivity index (χ0) is 15.2. The lowest BCUT2D eigenvalue weighted by Crippen LogP contribution is -2.36. The van der Waals surface area contributed by atoms with E-state index in [2.05, 4.69) is 20.6 Å². The Balaban J connectivity index is 1.90. The van der Waals surface area contributed by atoms with Crippen LogP contribution in [0.4, 0.5) is 4.39 Å². The fourth-order valence-electron chi connectivity index (χ4n) is 1.94. The molecular weight excluding hydrogens is 287 g/mol. The normalized spacial score (nSPS) is 11.5. The van der Waals surface area contributed by atoms with E-state index in [-0.39, 0.29) is 5.82 Å². The minimum atomic E-state index is -0.214. The molecule has 1 aromatic carbocycles. The van der Waals surface area contributed by atoms with Gasteiger partial charge in [-0.05, 0) is 19.9 Å². The number of guanidine groups is 1. The first kappa shape index (κ1) is 15.4. The van der Waals surface area contributed by atoms with Crippen molar-refractivity contribution in [2.75, 3.05) is 7.05 Å². The van der Waals surface area contributed by atoms with Gasteiger partial charge in [-0.1, -0.05) is 18.2 Å². The van der Waals surface area contributed by atoms with Gasteiger partial charge in [0.15, 0.2) is 5.96 Å². The lowest BCUT2D eigenvalue weighted by Gasteiger charge is -2.11. The van der Waals surface area contributed by atoms with Crippen molar-refractivity contribution in [2.45, 2.75) is 26.9 Å². The third kappa shape index (κ3) is 4.26. The summed E-state index contributed by atoms with van der Waals surface area (Å²) in [6, 6.07) is 6.71. The van der Waals surface area contributed by atoms with Crippen molar-refractivity contribution in [3.05, 3.63) is 51.2 Å². The van der Waals surface area contributed by atoms with Crippen LogP contribution in [0.5, 0.6) is 0 Å². The molecule has 0 saturated carbocycles. The highest BCUT2D eigenvalue weighted by Crippen LogP contribution is 2.16. The van der Waals surface area contributed by atoms with Crippen LogP contribution in [-0.4, -0.2) is 18.0 Å². The van der Waals surface area contributed by atoms with Crippen molar-refractivity contribution in [3.8, 4) is 0 Å². The Labute approximate surface area is 128 Å². The standard InChI is InChI=1S/C15H19FN4S/c1-10-14(21-11(2)20-10)9-19-15(17-3)18-8-12-6-4-5-7-13(12)16/h4-7H,8-9H2,1-3H3,(H2,17,18,19). The molecule has 6 heteroatoms.